The van der Waals surface area contributed by atoms with E-state index in [9.17, 15) is 0 Å². The molecule has 2 aliphatic carbocycles. The number of piperidine rings is 1. The molecule has 1 saturated heterocycles. The summed E-state index contributed by atoms with van der Waals surface area (Å²) in [6.45, 7) is 2.10. The Morgan fingerprint density at radius 2 is 2.19 bits per heavy atom. The molecule has 2 bridgehead atoms. The smallest absolute Gasteiger partial charge is 0.223 e. The van der Waals surface area contributed by atoms with Gasteiger partial charge in [-0.2, -0.15) is 0 Å². The van der Waals surface area contributed by atoms with E-state index >= 15 is 0 Å². The highest BCUT2D eigenvalue weighted by molar-refractivity contribution is 5.71. The molecule has 0 amide bonds. The lowest BCUT2D eigenvalue weighted by molar-refractivity contribution is 0.0432. The van der Waals surface area contributed by atoms with Crippen molar-refractivity contribution in [3.8, 4) is 0 Å². The minimum Gasteiger partial charge on any atom is -0.387 e. The normalized spacial score (nSPS) is 35.6. The standard InChI is InChI=1S/C20H29N5O/c1-26-19-12-4-2-6-17-14(8-12)15(10-22-17)18-16(19)11-23-20(25-18)24-13-5-3-7-21-9-13/h10-14,17,19,21-22H,2-9H2,1H3,(H,23,24,25)/t12?,13-,14?,17?,19?/m0/s1. The summed E-state index contributed by atoms with van der Waals surface area (Å²) in [5.74, 6) is 1.87. The maximum absolute atomic E-state index is 5.98. The number of fused-ring (bicyclic) bond motifs is 3. The average Bonchev–Trinajstić information content (AvgIpc) is 2.87. The Morgan fingerprint density at radius 3 is 3.04 bits per heavy atom. The molecule has 0 radical (unpaired) electrons. The van der Waals surface area contributed by atoms with E-state index in [-0.39, 0.29) is 6.10 Å². The molecule has 1 aromatic heterocycles. The van der Waals surface area contributed by atoms with E-state index in [1.54, 1.807) is 0 Å². The van der Waals surface area contributed by atoms with Crippen LogP contribution in [0.25, 0.3) is 5.57 Å². The van der Waals surface area contributed by atoms with Crippen molar-refractivity contribution in [2.45, 2.75) is 56.7 Å². The summed E-state index contributed by atoms with van der Waals surface area (Å²) in [7, 11) is 1.84. The second-order valence-electron chi connectivity index (χ2n) is 8.25. The van der Waals surface area contributed by atoms with E-state index in [2.05, 4.69) is 27.1 Å². The lowest BCUT2D eigenvalue weighted by Gasteiger charge is -2.26. The molecule has 140 valence electrons. The fourth-order valence-corrected chi connectivity index (χ4v) is 5.41. The Hall–Kier alpha value is -1.66. The molecule has 0 spiro atoms. The minimum absolute atomic E-state index is 0.112. The lowest BCUT2D eigenvalue weighted by Crippen LogP contribution is -2.38. The highest BCUT2D eigenvalue weighted by atomic mass is 16.5. The van der Waals surface area contributed by atoms with Crippen LogP contribution in [0.2, 0.25) is 0 Å². The first-order chi connectivity index (χ1) is 12.8. The first kappa shape index (κ1) is 16.5. The van der Waals surface area contributed by atoms with Crippen molar-refractivity contribution >= 4 is 11.5 Å². The fraction of sp³-hybridized carbons (Fsp3) is 0.700. The van der Waals surface area contributed by atoms with Crippen LogP contribution in [-0.2, 0) is 4.74 Å². The monoisotopic (exact) mass is 355 g/mol. The second-order valence-corrected chi connectivity index (χ2v) is 8.25. The third-order valence-electron chi connectivity index (χ3n) is 6.69. The number of aromatic nitrogens is 2. The summed E-state index contributed by atoms with van der Waals surface area (Å²) in [5, 5.41) is 10.6. The van der Waals surface area contributed by atoms with Crippen LogP contribution in [0.3, 0.4) is 0 Å². The third kappa shape index (κ3) is 2.79. The van der Waals surface area contributed by atoms with Gasteiger partial charge in [0.2, 0.25) is 5.95 Å². The number of ether oxygens (including phenoxy) is 1. The Balaban J connectivity index is 1.51. The summed E-state index contributed by atoms with van der Waals surface area (Å²) in [4.78, 5) is 9.67. The van der Waals surface area contributed by atoms with Crippen molar-refractivity contribution in [3.63, 3.8) is 0 Å². The van der Waals surface area contributed by atoms with Gasteiger partial charge in [-0.3, -0.25) is 0 Å². The molecular formula is C20H29N5O. The fourth-order valence-electron chi connectivity index (χ4n) is 5.41. The lowest BCUT2D eigenvalue weighted by atomic mass is 9.87. The van der Waals surface area contributed by atoms with Crippen LogP contribution in [0.5, 0.6) is 0 Å². The second kappa shape index (κ2) is 6.82. The summed E-state index contributed by atoms with van der Waals surface area (Å²) in [6, 6.07) is 0.976. The molecule has 2 aliphatic heterocycles. The number of rotatable bonds is 3. The van der Waals surface area contributed by atoms with E-state index < -0.39 is 0 Å². The average molecular weight is 355 g/mol. The topological polar surface area (TPSA) is 71.1 Å². The van der Waals surface area contributed by atoms with Crippen molar-refractivity contribution in [1.82, 2.24) is 20.6 Å². The quantitative estimate of drug-likeness (QED) is 0.774. The highest BCUT2D eigenvalue weighted by Crippen LogP contribution is 2.49. The van der Waals surface area contributed by atoms with Gasteiger partial charge in [-0.1, -0.05) is 6.42 Å². The van der Waals surface area contributed by atoms with Crippen LogP contribution in [-0.4, -0.2) is 42.3 Å². The van der Waals surface area contributed by atoms with Gasteiger partial charge >= 0.3 is 0 Å². The summed E-state index contributed by atoms with van der Waals surface area (Å²) in [6.07, 6.45) is 11.6. The van der Waals surface area contributed by atoms with Crippen LogP contribution in [0.4, 0.5) is 5.95 Å². The predicted molar refractivity (Wildman–Crippen MR) is 102 cm³/mol. The maximum atomic E-state index is 5.98. The Morgan fingerprint density at radius 1 is 1.23 bits per heavy atom. The molecule has 2 fully saturated rings. The molecule has 4 aliphatic rings. The van der Waals surface area contributed by atoms with E-state index in [0.29, 0.717) is 23.9 Å². The van der Waals surface area contributed by atoms with Gasteiger partial charge in [0, 0.05) is 49.6 Å². The summed E-state index contributed by atoms with van der Waals surface area (Å²) in [5.41, 5.74) is 3.63. The van der Waals surface area contributed by atoms with Crippen LogP contribution < -0.4 is 16.0 Å². The van der Waals surface area contributed by atoms with Gasteiger partial charge in [0.05, 0.1) is 11.8 Å². The molecule has 4 unspecified atom stereocenters. The number of hydrogen-bond donors (Lipinski definition) is 3. The van der Waals surface area contributed by atoms with E-state index in [1.807, 2.05) is 13.3 Å². The van der Waals surface area contributed by atoms with Crippen molar-refractivity contribution in [2.24, 2.45) is 11.8 Å². The predicted octanol–water partition coefficient (Wildman–Crippen LogP) is 2.46. The Labute approximate surface area is 155 Å². The number of nitrogens with one attached hydrogen (secondary N) is 3. The van der Waals surface area contributed by atoms with Crippen LogP contribution >= 0.6 is 0 Å². The molecule has 1 saturated carbocycles. The zero-order valence-corrected chi connectivity index (χ0v) is 15.5. The number of methoxy groups -OCH3 is 1. The first-order valence-electron chi connectivity index (χ1n) is 10.2. The summed E-state index contributed by atoms with van der Waals surface area (Å²) >= 11 is 0. The number of nitrogens with zero attached hydrogens (tertiary/aromatic N) is 2. The van der Waals surface area contributed by atoms with Crippen LogP contribution in [0.1, 0.15) is 55.9 Å². The van der Waals surface area contributed by atoms with Gasteiger partial charge in [0.15, 0.2) is 0 Å². The Kier molecular flexibility index (Phi) is 4.33. The molecule has 6 heteroatoms. The van der Waals surface area contributed by atoms with E-state index in [0.717, 1.165) is 24.7 Å². The van der Waals surface area contributed by atoms with Gasteiger partial charge in [-0.15, -0.1) is 0 Å². The van der Waals surface area contributed by atoms with Crippen molar-refractivity contribution < 1.29 is 4.74 Å². The molecule has 6 nitrogen and oxygen atoms in total. The number of anilines is 1. The van der Waals surface area contributed by atoms with Crippen LogP contribution in [0, 0.1) is 11.8 Å². The minimum atomic E-state index is 0.112. The molecule has 0 aromatic carbocycles. The molecule has 3 N–H and O–H groups in total. The number of hydrogen-bond acceptors (Lipinski definition) is 6. The molecular weight excluding hydrogens is 326 g/mol. The van der Waals surface area contributed by atoms with Crippen molar-refractivity contribution in [2.75, 3.05) is 25.5 Å². The van der Waals surface area contributed by atoms with Crippen molar-refractivity contribution in [3.05, 3.63) is 23.7 Å². The van der Waals surface area contributed by atoms with Gasteiger partial charge in [-0.25, -0.2) is 9.97 Å². The zero-order chi connectivity index (χ0) is 17.5. The summed E-state index contributed by atoms with van der Waals surface area (Å²) < 4.78 is 5.98. The Bertz CT molecular complexity index is 699. The molecule has 5 atom stereocenters. The van der Waals surface area contributed by atoms with E-state index in [4.69, 9.17) is 9.72 Å². The van der Waals surface area contributed by atoms with Crippen LogP contribution in [0.15, 0.2) is 12.4 Å². The van der Waals surface area contributed by atoms with E-state index in [1.165, 1.54) is 49.7 Å². The van der Waals surface area contributed by atoms with Gasteiger partial charge in [0.1, 0.15) is 0 Å². The maximum Gasteiger partial charge on any atom is 0.223 e. The molecule has 5 rings (SSSR count). The van der Waals surface area contributed by atoms with Gasteiger partial charge in [-0.05, 0) is 50.1 Å². The first-order valence-corrected chi connectivity index (χ1v) is 10.2. The largest absolute Gasteiger partial charge is 0.387 e. The van der Waals surface area contributed by atoms with Gasteiger partial charge in [0.25, 0.3) is 0 Å². The zero-order valence-electron chi connectivity index (χ0n) is 15.5. The molecule has 1 aromatic rings. The molecule has 3 heterocycles. The van der Waals surface area contributed by atoms with Crippen molar-refractivity contribution in [1.29, 1.82) is 0 Å². The third-order valence-corrected chi connectivity index (χ3v) is 6.69. The molecule has 26 heavy (non-hydrogen) atoms. The highest BCUT2D eigenvalue weighted by Gasteiger charge is 2.42. The van der Waals surface area contributed by atoms with Gasteiger partial charge < -0.3 is 20.7 Å². The SMILES string of the molecule is COC1c2cnc(N[C@H]3CCCNC3)nc2C2=CNC3CCCC1CC23.